The number of hydrogen-bond donors (Lipinski definition) is 0. The molecule has 11 heavy (non-hydrogen) atoms. The SMILES string of the molecule is CP1(=O)C2C=CC1CC(=O)C2. The predicted octanol–water partition coefficient (Wildman–Crippen LogP) is 1.65. The van der Waals surface area contributed by atoms with Crippen LogP contribution in [0.15, 0.2) is 12.2 Å². The maximum atomic E-state index is 11.9. The highest BCUT2D eigenvalue weighted by Gasteiger charge is 2.43. The third kappa shape index (κ3) is 0.927. The van der Waals surface area contributed by atoms with Gasteiger partial charge in [0.25, 0.3) is 0 Å². The molecule has 1 saturated heterocycles. The van der Waals surface area contributed by atoms with E-state index in [1.165, 1.54) is 0 Å². The van der Waals surface area contributed by atoms with Crippen LogP contribution in [0.2, 0.25) is 0 Å². The van der Waals surface area contributed by atoms with Crippen molar-refractivity contribution >= 4 is 12.9 Å². The summed E-state index contributed by atoms with van der Waals surface area (Å²) in [5.41, 5.74) is 0.155. The van der Waals surface area contributed by atoms with Crippen molar-refractivity contribution in [3.05, 3.63) is 12.2 Å². The lowest BCUT2D eigenvalue weighted by atomic mass is 10.2. The molecule has 0 amide bonds. The van der Waals surface area contributed by atoms with Crippen LogP contribution in [0.5, 0.6) is 0 Å². The number of hydrogen-bond acceptors (Lipinski definition) is 2. The molecule has 0 N–H and O–H groups in total. The van der Waals surface area contributed by atoms with Crippen molar-refractivity contribution in [3.63, 3.8) is 0 Å². The molecule has 3 heteroatoms. The summed E-state index contributed by atoms with van der Waals surface area (Å²) in [7, 11) is -2.03. The first-order valence-electron chi connectivity index (χ1n) is 3.87. The first kappa shape index (κ1) is 7.30. The molecule has 2 rings (SSSR count). The molecule has 2 unspecified atom stereocenters. The topological polar surface area (TPSA) is 34.1 Å². The van der Waals surface area contributed by atoms with Crippen LogP contribution in [0.4, 0.5) is 0 Å². The third-order valence-corrected chi connectivity index (χ3v) is 6.09. The molecule has 2 aliphatic rings. The van der Waals surface area contributed by atoms with Gasteiger partial charge in [-0.25, -0.2) is 0 Å². The standard InChI is InChI=1S/C8H11O2P/c1-11(10)7-2-3-8(11)5-6(9)4-7/h2-3,7-8H,4-5H2,1H3. The lowest BCUT2D eigenvalue weighted by Crippen LogP contribution is -2.22. The minimum Gasteiger partial charge on any atom is -0.323 e. The van der Waals surface area contributed by atoms with Gasteiger partial charge in [0.15, 0.2) is 0 Å². The van der Waals surface area contributed by atoms with Gasteiger partial charge >= 0.3 is 0 Å². The highest BCUT2D eigenvalue weighted by atomic mass is 31.2. The summed E-state index contributed by atoms with van der Waals surface area (Å²) in [6, 6.07) is 0. The zero-order valence-electron chi connectivity index (χ0n) is 6.49. The fourth-order valence-corrected chi connectivity index (χ4v) is 4.40. The average molecular weight is 170 g/mol. The molecule has 0 radical (unpaired) electrons. The minimum atomic E-state index is -2.03. The summed E-state index contributed by atoms with van der Waals surface area (Å²) in [5.74, 6) is 0.276. The fraction of sp³-hybridized carbons (Fsp3) is 0.625. The van der Waals surface area contributed by atoms with Gasteiger partial charge in [-0.2, -0.15) is 0 Å². The Hall–Kier alpha value is -0.360. The van der Waals surface area contributed by atoms with E-state index in [0.29, 0.717) is 12.8 Å². The van der Waals surface area contributed by atoms with Crippen molar-refractivity contribution in [3.8, 4) is 0 Å². The Morgan fingerprint density at radius 3 is 2.27 bits per heavy atom. The quantitative estimate of drug-likeness (QED) is 0.409. The Labute approximate surface area is 66.0 Å². The Kier molecular flexibility index (Phi) is 1.37. The minimum absolute atomic E-state index is 0.0775. The number of allylic oxidation sites excluding steroid dienone is 2. The molecular formula is C8H11O2P. The molecule has 60 valence electrons. The first-order valence-corrected chi connectivity index (χ1v) is 6.17. The number of carbonyl (C=O) groups excluding carboxylic acids is 1. The van der Waals surface area contributed by atoms with Gasteiger partial charge in [0.05, 0.1) is 7.14 Å². The second-order valence-electron chi connectivity index (χ2n) is 3.53. The van der Waals surface area contributed by atoms with Gasteiger partial charge in [0.2, 0.25) is 0 Å². The van der Waals surface area contributed by atoms with E-state index in [1.54, 1.807) is 0 Å². The average Bonchev–Trinajstić information content (AvgIpc) is 2.19. The molecule has 2 bridgehead atoms. The van der Waals surface area contributed by atoms with Crippen molar-refractivity contribution in [2.24, 2.45) is 0 Å². The highest BCUT2D eigenvalue weighted by Crippen LogP contribution is 2.61. The van der Waals surface area contributed by atoms with Crippen molar-refractivity contribution in [2.45, 2.75) is 24.2 Å². The van der Waals surface area contributed by atoms with Gasteiger partial charge in [0.1, 0.15) is 5.78 Å². The summed E-state index contributed by atoms with van der Waals surface area (Å²) < 4.78 is 11.9. The van der Waals surface area contributed by atoms with Crippen LogP contribution < -0.4 is 0 Å². The third-order valence-electron chi connectivity index (χ3n) is 2.75. The zero-order chi connectivity index (χ0) is 8.06. The summed E-state index contributed by atoms with van der Waals surface area (Å²) in [4.78, 5) is 11.1. The monoisotopic (exact) mass is 170 g/mol. The van der Waals surface area contributed by atoms with Crippen molar-refractivity contribution in [1.29, 1.82) is 0 Å². The fourth-order valence-electron chi connectivity index (χ4n) is 1.89. The Bertz CT molecular complexity index is 258. The first-order chi connectivity index (χ1) is 5.10. The number of fused-ring (bicyclic) bond motifs is 2. The van der Waals surface area contributed by atoms with Gasteiger partial charge in [-0.3, -0.25) is 4.79 Å². The van der Waals surface area contributed by atoms with Crippen LogP contribution in [0, 0.1) is 0 Å². The number of ketones is 1. The van der Waals surface area contributed by atoms with E-state index in [4.69, 9.17) is 0 Å². The van der Waals surface area contributed by atoms with E-state index in [-0.39, 0.29) is 17.1 Å². The molecule has 0 aliphatic carbocycles. The van der Waals surface area contributed by atoms with E-state index < -0.39 is 7.14 Å². The van der Waals surface area contributed by atoms with Crippen molar-refractivity contribution in [2.75, 3.05) is 6.66 Å². The molecule has 0 saturated carbocycles. The van der Waals surface area contributed by atoms with Crippen LogP contribution in [0.1, 0.15) is 12.8 Å². The lowest BCUT2D eigenvalue weighted by Gasteiger charge is -2.26. The van der Waals surface area contributed by atoms with Gasteiger partial charge in [-0.15, -0.1) is 0 Å². The van der Waals surface area contributed by atoms with E-state index in [0.717, 1.165) is 0 Å². The molecule has 0 aromatic heterocycles. The summed E-state index contributed by atoms with van der Waals surface area (Å²) in [6.07, 6.45) is 4.97. The molecular weight excluding hydrogens is 159 g/mol. The largest absolute Gasteiger partial charge is 0.323 e. The number of carbonyl (C=O) groups is 1. The highest BCUT2D eigenvalue weighted by molar-refractivity contribution is 7.65. The van der Waals surface area contributed by atoms with Crippen LogP contribution in [-0.4, -0.2) is 23.8 Å². The van der Waals surface area contributed by atoms with E-state index in [2.05, 4.69) is 0 Å². The normalized spacial score (nSPS) is 48.3. The zero-order valence-corrected chi connectivity index (χ0v) is 7.38. The molecule has 2 atom stereocenters. The molecule has 2 heterocycles. The van der Waals surface area contributed by atoms with Gasteiger partial charge in [-0.05, 0) is 6.66 Å². The molecule has 0 spiro atoms. The lowest BCUT2D eigenvalue weighted by molar-refractivity contribution is -0.119. The van der Waals surface area contributed by atoms with E-state index in [1.807, 2.05) is 18.8 Å². The van der Waals surface area contributed by atoms with E-state index in [9.17, 15) is 9.36 Å². The molecule has 2 aliphatic heterocycles. The predicted molar refractivity (Wildman–Crippen MR) is 44.5 cm³/mol. The maximum absolute atomic E-state index is 11.9. The van der Waals surface area contributed by atoms with Crippen LogP contribution in [0.3, 0.4) is 0 Å². The van der Waals surface area contributed by atoms with Crippen LogP contribution in [0.25, 0.3) is 0 Å². The van der Waals surface area contributed by atoms with Crippen LogP contribution >= 0.6 is 7.14 Å². The second-order valence-corrected chi connectivity index (χ2v) is 6.97. The van der Waals surface area contributed by atoms with Crippen LogP contribution in [-0.2, 0) is 9.36 Å². The summed E-state index contributed by atoms with van der Waals surface area (Å²) >= 11 is 0. The maximum Gasteiger partial charge on any atom is 0.135 e. The number of Topliss-reactive ketones (excluding diaryl/α,β-unsaturated/α-hetero) is 1. The molecule has 2 nitrogen and oxygen atoms in total. The molecule has 0 aromatic rings. The summed E-state index contributed by atoms with van der Waals surface area (Å²) in [5, 5.41) is 0. The molecule has 1 fully saturated rings. The van der Waals surface area contributed by atoms with Gasteiger partial charge < -0.3 is 4.57 Å². The summed E-state index contributed by atoms with van der Waals surface area (Å²) in [6.45, 7) is 1.83. The van der Waals surface area contributed by atoms with E-state index >= 15 is 0 Å². The van der Waals surface area contributed by atoms with Crippen molar-refractivity contribution < 1.29 is 9.36 Å². The number of rotatable bonds is 0. The smallest absolute Gasteiger partial charge is 0.135 e. The second kappa shape index (κ2) is 2.07. The Morgan fingerprint density at radius 1 is 1.36 bits per heavy atom. The Morgan fingerprint density at radius 2 is 1.82 bits per heavy atom. The van der Waals surface area contributed by atoms with Gasteiger partial charge in [-0.1, -0.05) is 12.2 Å². The van der Waals surface area contributed by atoms with Crippen molar-refractivity contribution in [1.82, 2.24) is 0 Å². The molecule has 0 aromatic carbocycles. The van der Waals surface area contributed by atoms with Gasteiger partial charge in [0, 0.05) is 24.2 Å². The Balaban J connectivity index is 2.38.